The fourth-order valence-electron chi connectivity index (χ4n) is 5.49. The van der Waals surface area contributed by atoms with Gasteiger partial charge < -0.3 is 24.4 Å². The van der Waals surface area contributed by atoms with Gasteiger partial charge in [-0.1, -0.05) is 19.1 Å². The number of carbonyl (C=O) groups excluding carboxylic acids is 1. The van der Waals surface area contributed by atoms with E-state index in [1.165, 1.54) is 0 Å². The smallest absolute Gasteiger partial charge is 0.313 e. The lowest BCUT2D eigenvalue weighted by Crippen LogP contribution is -2.70. The lowest BCUT2D eigenvalue weighted by molar-refractivity contribution is -0.232. The molecule has 3 aliphatic heterocycles. The van der Waals surface area contributed by atoms with E-state index in [1.54, 1.807) is 13.8 Å². The van der Waals surface area contributed by atoms with E-state index in [2.05, 4.69) is 6.58 Å². The van der Waals surface area contributed by atoms with Gasteiger partial charge in [0.25, 0.3) is 0 Å². The van der Waals surface area contributed by atoms with Gasteiger partial charge in [0, 0.05) is 5.92 Å². The van der Waals surface area contributed by atoms with Gasteiger partial charge in [0.1, 0.15) is 35.6 Å². The van der Waals surface area contributed by atoms with Crippen molar-refractivity contribution < 1.29 is 29.2 Å². The SMILES string of the molecule is C=C(C)[C@H]1[C@H]2OC(=O)[C@@H]1[C@@]1(O)[C@H]3O[C@H]3[C@]3(CO3)[C@]1(C)[C@@H]2O. The average Bonchev–Trinajstić information content (AvgIpc) is 3.27. The molecule has 2 N–H and O–H groups in total. The van der Waals surface area contributed by atoms with Crippen LogP contribution < -0.4 is 0 Å². The Kier molecular flexibility index (Phi) is 1.83. The Bertz CT molecular complexity index is 597. The standard InChI is InChI=1S/C15H18O6/c1-5(2)6-7-12(17)20-8(6)9(16)13(3)14(4-19-14)10-11(21-10)15(7,13)18/h6-11,16,18H,1,4H2,2-3H3/t6-,7-,8-,9-,10-,11+,13+,14-,15-/m1/s1. The quantitative estimate of drug-likeness (QED) is 0.380. The maximum Gasteiger partial charge on any atom is 0.313 e. The number of rotatable bonds is 1. The number of hydrogen-bond acceptors (Lipinski definition) is 6. The predicted molar refractivity (Wildman–Crippen MR) is 68.1 cm³/mol. The third kappa shape index (κ3) is 0.958. The van der Waals surface area contributed by atoms with Gasteiger partial charge in [0.05, 0.1) is 17.9 Å². The van der Waals surface area contributed by atoms with Gasteiger partial charge >= 0.3 is 5.97 Å². The lowest BCUT2D eigenvalue weighted by Gasteiger charge is -2.54. The highest BCUT2D eigenvalue weighted by molar-refractivity contribution is 5.80. The van der Waals surface area contributed by atoms with E-state index in [-0.39, 0.29) is 12.0 Å². The maximum absolute atomic E-state index is 12.4. The van der Waals surface area contributed by atoms with Crippen molar-refractivity contribution >= 4 is 5.97 Å². The second kappa shape index (κ2) is 3.06. The number of ether oxygens (including phenoxy) is 3. The molecule has 2 aliphatic carbocycles. The van der Waals surface area contributed by atoms with Crippen molar-refractivity contribution in [1.29, 1.82) is 0 Å². The normalized spacial score (nSPS) is 65.8. The van der Waals surface area contributed by atoms with E-state index in [0.717, 1.165) is 5.57 Å². The fourth-order valence-corrected chi connectivity index (χ4v) is 5.49. The second-order valence-electron chi connectivity index (χ2n) is 7.38. The van der Waals surface area contributed by atoms with Gasteiger partial charge in [-0.15, -0.1) is 0 Å². The van der Waals surface area contributed by atoms with Crippen LogP contribution in [0.1, 0.15) is 13.8 Å². The first-order valence-corrected chi connectivity index (χ1v) is 7.36. The Morgan fingerprint density at radius 3 is 2.67 bits per heavy atom. The van der Waals surface area contributed by atoms with Gasteiger partial charge in [-0.3, -0.25) is 4.79 Å². The number of fused-ring (bicyclic) bond motifs is 8. The van der Waals surface area contributed by atoms with Crippen molar-refractivity contribution in [3.63, 3.8) is 0 Å². The highest BCUT2D eigenvalue weighted by Crippen LogP contribution is 2.75. The van der Waals surface area contributed by atoms with Crippen LogP contribution in [0.2, 0.25) is 0 Å². The Hall–Kier alpha value is -0.950. The number of hydrogen-bond donors (Lipinski definition) is 2. The molecule has 0 radical (unpaired) electrons. The summed E-state index contributed by atoms with van der Waals surface area (Å²) in [5.74, 6) is -1.60. The van der Waals surface area contributed by atoms with E-state index >= 15 is 0 Å². The van der Waals surface area contributed by atoms with Crippen molar-refractivity contribution in [1.82, 2.24) is 0 Å². The van der Waals surface area contributed by atoms with Crippen LogP contribution in [0.15, 0.2) is 12.2 Å². The average molecular weight is 294 g/mol. The van der Waals surface area contributed by atoms with Gasteiger partial charge in [-0.2, -0.15) is 0 Å². The molecule has 0 unspecified atom stereocenters. The van der Waals surface area contributed by atoms with E-state index in [9.17, 15) is 15.0 Å². The molecular weight excluding hydrogens is 276 g/mol. The number of epoxide rings is 2. The highest BCUT2D eigenvalue weighted by Gasteiger charge is 2.94. The van der Waals surface area contributed by atoms with Crippen molar-refractivity contribution in [2.75, 3.05) is 6.61 Å². The Morgan fingerprint density at radius 2 is 2.10 bits per heavy atom. The van der Waals surface area contributed by atoms with Crippen molar-refractivity contribution in [3.8, 4) is 0 Å². The van der Waals surface area contributed by atoms with Crippen LogP contribution in [0.25, 0.3) is 0 Å². The van der Waals surface area contributed by atoms with E-state index in [4.69, 9.17) is 14.2 Å². The molecule has 1 spiro atoms. The molecule has 3 heterocycles. The van der Waals surface area contributed by atoms with Crippen molar-refractivity contribution in [2.45, 2.75) is 49.5 Å². The van der Waals surface area contributed by atoms with Crippen LogP contribution in [0.3, 0.4) is 0 Å². The molecule has 5 fully saturated rings. The summed E-state index contributed by atoms with van der Waals surface area (Å²) >= 11 is 0. The summed E-state index contributed by atoms with van der Waals surface area (Å²) in [6.45, 7) is 7.96. The molecule has 0 aromatic carbocycles. The van der Waals surface area contributed by atoms with Gasteiger partial charge in [0.15, 0.2) is 0 Å². The fraction of sp³-hybridized carbons (Fsp3) is 0.800. The minimum atomic E-state index is -1.47. The van der Waals surface area contributed by atoms with Crippen LogP contribution in [-0.2, 0) is 19.0 Å². The third-order valence-corrected chi connectivity index (χ3v) is 6.72. The zero-order valence-electron chi connectivity index (χ0n) is 11.9. The molecule has 5 aliphatic rings. The minimum absolute atomic E-state index is 0.236. The summed E-state index contributed by atoms with van der Waals surface area (Å²) in [6.07, 6.45) is -2.37. The summed E-state index contributed by atoms with van der Waals surface area (Å²) in [4.78, 5) is 12.4. The van der Waals surface area contributed by atoms with E-state index in [0.29, 0.717) is 6.61 Å². The molecule has 0 amide bonds. The molecular formula is C15H18O6. The molecule has 114 valence electrons. The topological polar surface area (TPSA) is 91.8 Å². The second-order valence-corrected chi connectivity index (χ2v) is 7.38. The monoisotopic (exact) mass is 294 g/mol. The largest absolute Gasteiger partial charge is 0.459 e. The molecule has 9 atom stereocenters. The number of aliphatic hydroxyl groups is 2. The zero-order chi connectivity index (χ0) is 14.9. The van der Waals surface area contributed by atoms with E-state index in [1.807, 2.05) is 0 Å². The molecule has 0 aromatic heterocycles. The van der Waals surface area contributed by atoms with Crippen molar-refractivity contribution in [3.05, 3.63) is 12.2 Å². The molecule has 0 aromatic rings. The summed E-state index contributed by atoms with van der Waals surface area (Å²) < 4.78 is 16.7. The summed E-state index contributed by atoms with van der Waals surface area (Å²) in [6, 6.07) is 0. The zero-order valence-corrected chi connectivity index (χ0v) is 11.9. The molecule has 5 rings (SSSR count). The third-order valence-electron chi connectivity index (χ3n) is 6.72. The van der Waals surface area contributed by atoms with Crippen molar-refractivity contribution in [2.24, 2.45) is 17.3 Å². The Labute approximate surface area is 121 Å². The summed E-state index contributed by atoms with van der Waals surface area (Å²) in [5.41, 5.74) is -2.38. The number of esters is 1. The Morgan fingerprint density at radius 1 is 1.43 bits per heavy atom. The molecule has 6 heteroatoms. The van der Waals surface area contributed by atoms with Crippen LogP contribution in [0, 0.1) is 17.3 Å². The van der Waals surface area contributed by atoms with E-state index < -0.39 is 46.8 Å². The van der Waals surface area contributed by atoms with Crippen LogP contribution in [0.4, 0.5) is 0 Å². The first-order chi connectivity index (χ1) is 9.80. The molecule has 21 heavy (non-hydrogen) atoms. The first kappa shape index (κ1) is 12.6. The van der Waals surface area contributed by atoms with Crippen LogP contribution >= 0.6 is 0 Å². The maximum atomic E-state index is 12.4. The van der Waals surface area contributed by atoms with Gasteiger partial charge in [-0.05, 0) is 6.92 Å². The van der Waals surface area contributed by atoms with Gasteiger partial charge in [0.2, 0.25) is 0 Å². The van der Waals surface area contributed by atoms with Crippen LogP contribution in [0.5, 0.6) is 0 Å². The van der Waals surface area contributed by atoms with Crippen LogP contribution in [-0.4, -0.2) is 58.4 Å². The minimum Gasteiger partial charge on any atom is -0.459 e. The van der Waals surface area contributed by atoms with Gasteiger partial charge in [-0.25, -0.2) is 0 Å². The lowest BCUT2D eigenvalue weighted by atomic mass is 9.52. The first-order valence-electron chi connectivity index (χ1n) is 7.36. The number of aliphatic hydroxyl groups excluding tert-OH is 1. The molecule has 2 bridgehead atoms. The molecule has 3 saturated heterocycles. The highest BCUT2D eigenvalue weighted by atomic mass is 16.7. The molecule has 2 saturated carbocycles. The summed E-state index contributed by atoms with van der Waals surface area (Å²) in [7, 11) is 0. The predicted octanol–water partition coefficient (Wildman–Crippen LogP) is -0.618. The number of carbonyl (C=O) groups is 1. The Balaban J connectivity index is 1.76. The summed E-state index contributed by atoms with van der Waals surface area (Å²) in [5, 5.41) is 22.4. The molecule has 6 nitrogen and oxygen atoms in total.